The van der Waals surface area contributed by atoms with Crippen LogP contribution in [0.15, 0.2) is 41.4 Å². The second-order valence-corrected chi connectivity index (χ2v) is 5.42. The van der Waals surface area contributed by atoms with Crippen LogP contribution in [-0.4, -0.2) is 20.9 Å². The molecule has 0 amide bonds. The number of nitriles is 1. The number of alkyl halides is 3. The summed E-state index contributed by atoms with van der Waals surface area (Å²) in [6, 6.07) is 11.4. The van der Waals surface area contributed by atoms with E-state index in [1.807, 2.05) is 6.07 Å². The molecule has 3 aromatic rings. The van der Waals surface area contributed by atoms with Crippen molar-refractivity contribution in [1.82, 2.24) is 14.6 Å². The van der Waals surface area contributed by atoms with Crippen molar-refractivity contribution in [2.75, 3.05) is 6.26 Å². The Hall–Kier alpha value is -2.53. The molecular formula is C15H9F3N4S. The predicted octanol–water partition coefficient (Wildman–Crippen LogP) is 4.01. The first-order valence-corrected chi connectivity index (χ1v) is 7.68. The Kier molecular flexibility index (Phi) is 3.74. The molecule has 0 aliphatic rings. The van der Waals surface area contributed by atoms with E-state index in [2.05, 4.69) is 10.1 Å². The summed E-state index contributed by atoms with van der Waals surface area (Å²) in [7, 11) is 0. The largest absolute Gasteiger partial charge is 0.433 e. The zero-order chi connectivity index (χ0) is 16.6. The van der Waals surface area contributed by atoms with E-state index < -0.39 is 11.9 Å². The van der Waals surface area contributed by atoms with Gasteiger partial charge in [0.15, 0.2) is 11.3 Å². The molecule has 0 atom stereocenters. The van der Waals surface area contributed by atoms with Crippen molar-refractivity contribution < 1.29 is 13.2 Å². The molecule has 3 rings (SSSR count). The maximum Gasteiger partial charge on any atom is 0.433 e. The molecule has 0 saturated heterocycles. The lowest BCUT2D eigenvalue weighted by Crippen LogP contribution is -2.13. The Morgan fingerprint density at radius 3 is 2.48 bits per heavy atom. The third-order valence-electron chi connectivity index (χ3n) is 3.22. The summed E-state index contributed by atoms with van der Waals surface area (Å²) in [5, 5.41) is 13.3. The van der Waals surface area contributed by atoms with E-state index in [0.717, 1.165) is 17.8 Å². The lowest BCUT2D eigenvalue weighted by molar-refractivity contribution is -0.142. The van der Waals surface area contributed by atoms with Crippen LogP contribution in [0.4, 0.5) is 13.2 Å². The first-order chi connectivity index (χ1) is 11.0. The Morgan fingerprint density at radius 1 is 1.22 bits per heavy atom. The van der Waals surface area contributed by atoms with E-state index in [1.54, 1.807) is 36.6 Å². The highest BCUT2D eigenvalue weighted by Gasteiger charge is 2.36. The summed E-state index contributed by atoms with van der Waals surface area (Å²) >= 11 is 1.10. The van der Waals surface area contributed by atoms with Gasteiger partial charge in [-0.15, -0.1) is 11.8 Å². The number of hydrogen-bond acceptors (Lipinski definition) is 4. The molecule has 1 aromatic carbocycles. The highest BCUT2D eigenvalue weighted by Crippen LogP contribution is 2.34. The Labute approximate surface area is 133 Å². The lowest BCUT2D eigenvalue weighted by atomic mass is 10.1. The summed E-state index contributed by atoms with van der Waals surface area (Å²) < 4.78 is 40.8. The van der Waals surface area contributed by atoms with E-state index in [4.69, 9.17) is 0 Å². The van der Waals surface area contributed by atoms with E-state index in [9.17, 15) is 18.4 Å². The Morgan fingerprint density at radius 2 is 1.91 bits per heavy atom. The SMILES string of the molecule is CSc1nn2c(C(F)(F)F)cc(-c3ccccc3)nc2c1C#N. The Bertz CT molecular complexity index is 910. The van der Waals surface area contributed by atoms with Crippen molar-refractivity contribution in [2.45, 2.75) is 11.2 Å². The van der Waals surface area contributed by atoms with E-state index in [1.165, 1.54) is 0 Å². The second-order valence-electron chi connectivity index (χ2n) is 4.62. The fourth-order valence-electron chi connectivity index (χ4n) is 2.20. The van der Waals surface area contributed by atoms with E-state index >= 15 is 0 Å². The smallest absolute Gasteiger partial charge is 0.227 e. The van der Waals surface area contributed by atoms with Crippen LogP contribution >= 0.6 is 11.8 Å². The topological polar surface area (TPSA) is 54.0 Å². The molecule has 8 heteroatoms. The fourth-order valence-corrected chi connectivity index (χ4v) is 2.70. The molecule has 116 valence electrons. The molecule has 0 fully saturated rings. The van der Waals surface area contributed by atoms with Crippen LogP contribution in [0.25, 0.3) is 16.9 Å². The van der Waals surface area contributed by atoms with E-state index in [-0.39, 0.29) is 21.9 Å². The monoisotopic (exact) mass is 334 g/mol. The number of thioether (sulfide) groups is 1. The minimum atomic E-state index is -4.61. The van der Waals surface area contributed by atoms with Gasteiger partial charge in [0, 0.05) is 5.56 Å². The van der Waals surface area contributed by atoms with Crippen molar-refractivity contribution in [3.63, 3.8) is 0 Å². The maximum atomic E-state index is 13.4. The van der Waals surface area contributed by atoms with Gasteiger partial charge in [-0.1, -0.05) is 30.3 Å². The summed E-state index contributed by atoms with van der Waals surface area (Å²) in [4.78, 5) is 4.22. The van der Waals surface area contributed by atoms with Crippen molar-refractivity contribution in [2.24, 2.45) is 0 Å². The van der Waals surface area contributed by atoms with Crippen LogP contribution in [0.3, 0.4) is 0 Å². The predicted molar refractivity (Wildman–Crippen MR) is 79.9 cm³/mol. The minimum Gasteiger partial charge on any atom is -0.227 e. The average Bonchev–Trinajstić information content (AvgIpc) is 2.91. The summed E-state index contributed by atoms with van der Waals surface area (Å²) in [6.07, 6.45) is -2.97. The van der Waals surface area contributed by atoms with Crippen LogP contribution in [0.2, 0.25) is 0 Å². The van der Waals surface area contributed by atoms with Crippen LogP contribution < -0.4 is 0 Å². The molecule has 0 bridgehead atoms. The molecule has 0 radical (unpaired) electrons. The second kappa shape index (κ2) is 5.59. The van der Waals surface area contributed by atoms with Gasteiger partial charge in [-0.3, -0.25) is 0 Å². The molecule has 0 N–H and O–H groups in total. The first-order valence-electron chi connectivity index (χ1n) is 6.46. The van der Waals surface area contributed by atoms with E-state index in [0.29, 0.717) is 10.1 Å². The first kappa shape index (κ1) is 15.4. The number of fused-ring (bicyclic) bond motifs is 1. The standard InChI is InChI=1S/C15H9F3N4S/c1-23-14-10(8-19)13-20-11(9-5-3-2-4-6-9)7-12(15(16,17)18)22(13)21-14/h2-7H,1H3. The summed E-state index contributed by atoms with van der Waals surface area (Å²) in [6.45, 7) is 0. The molecule has 0 spiro atoms. The highest BCUT2D eigenvalue weighted by atomic mass is 32.2. The van der Waals surface area contributed by atoms with Crippen molar-refractivity contribution in [3.05, 3.63) is 47.7 Å². The van der Waals surface area contributed by atoms with Gasteiger partial charge < -0.3 is 0 Å². The number of nitrogens with zero attached hydrogens (tertiary/aromatic N) is 4. The third kappa shape index (κ3) is 2.64. The number of benzene rings is 1. The molecule has 0 aliphatic carbocycles. The highest BCUT2D eigenvalue weighted by molar-refractivity contribution is 7.98. The van der Waals surface area contributed by atoms with Gasteiger partial charge in [0.1, 0.15) is 16.7 Å². The van der Waals surface area contributed by atoms with Gasteiger partial charge in [0.05, 0.1) is 5.69 Å². The van der Waals surface area contributed by atoms with Gasteiger partial charge in [0.25, 0.3) is 0 Å². The average molecular weight is 334 g/mol. The minimum absolute atomic E-state index is 0.0424. The van der Waals surface area contributed by atoms with Gasteiger partial charge >= 0.3 is 6.18 Å². The van der Waals surface area contributed by atoms with Crippen LogP contribution in [-0.2, 0) is 6.18 Å². The fraction of sp³-hybridized carbons (Fsp3) is 0.133. The van der Waals surface area contributed by atoms with Crippen LogP contribution in [0.1, 0.15) is 11.3 Å². The van der Waals surface area contributed by atoms with Gasteiger partial charge in [-0.25, -0.2) is 9.50 Å². The molecule has 2 heterocycles. The molecule has 23 heavy (non-hydrogen) atoms. The molecule has 2 aromatic heterocycles. The van der Waals surface area contributed by atoms with Crippen LogP contribution in [0, 0.1) is 11.3 Å². The van der Waals surface area contributed by atoms with Gasteiger partial charge in [-0.05, 0) is 12.3 Å². The molecular weight excluding hydrogens is 325 g/mol. The molecule has 4 nitrogen and oxygen atoms in total. The molecule has 0 saturated carbocycles. The number of rotatable bonds is 2. The zero-order valence-corrected chi connectivity index (χ0v) is 12.6. The lowest BCUT2D eigenvalue weighted by Gasteiger charge is -2.11. The molecule has 0 unspecified atom stereocenters. The van der Waals surface area contributed by atoms with Crippen LogP contribution in [0.5, 0.6) is 0 Å². The maximum absolute atomic E-state index is 13.4. The summed E-state index contributed by atoms with van der Waals surface area (Å²) in [5.74, 6) is 0. The van der Waals surface area contributed by atoms with Crippen molar-refractivity contribution >= 4 is 17.4 Å². The quantitative estimate of drug-likeness (QED) is 0.665. The number of halogens is 3. The third-order valence-corrected chi connectivity index (χ3v) is 3.89. The summed E-state index contributed by atoms with van der Waals surface area (Å²) in [5.41, 5.74) is -0.324. The van der Waals surface area contributed by atoms with Crippen molar-refractivity contribution in [3.8, 4) is 17.3 Å². The number of aromatic nitrogens is 3. The zero-order valence-electron chi connectivity index (χ0n) is 11.8. The van der Waals surface area contributed by atoms with Gasteiger partial charge in [0.2, 0.25) is 0 Å². The molecule has 0 aliphatic heterocycles. The Balaban J connectivity index is 2.40. The number of hydrogen-bond donors (Lipinski definition) is 0. The normalized spacial score (nSPS) is 11.6. The van der Waals surface area contributed by atoms with Gasteiger partial charge in [-0.2, -0.15) is 23.5 Å². The van der Waals surface area contributed by atoms with Crippen molar-refractivity contribution in [1.29, 1.82) is 5.26 Å².